The molecule has 62 valence electrons. The fourth-order valence-electron chi connectivity index (χ4n) is 0.423. The van der Waals surface area contributed by atoms with Crippen LogP contribution >= 0.6 is 0 Å². The van der Waals surface area contributed by atoms with Crippen molar-refractivity contribution in [3.8, 4) is 0 Å². The molecule has 2 nitrogen and oxygen atoms in total. The van der Waals surface area contributed by atoms with Gasteiger partial charge in [-0.05, 0) is 12.8 Å². The number of hydrogen-bond acceptors (Lipinski definition) is 2. The fraction of sp³-hybridized carbons (Fsp3) is 0.875. The molecule has 0 aromatic carbocycles. The summed E-state index contributed by atoms with van der Waals surface area (Å²) in [4.78, 5) is 4.46. The van der Waals surface area contributed by atoms with E-state index in [1.54, 1.807) is 13.3 Å². The number of hydrogen-bond donors (Lipinski definition) is 0. The van der Waals surface area contributed by atoms with E-state index in [9.17, 15) is 0 Å². The van der Waals surface area contributed by atoms with Crippen molar-refractivity contribution in [3.05, 3.63) is 0 Å². The van der Waals surface area contributed by atoms with Crippen LogP contribution in [0.5, 0.6) is 0 Å². The largest absolute Gasteiger partial charge is 0.399 e. The van der Waals surface area contributed by atoms with Crippen LogP contribution in [0.25, 0.3) is 0 Å². The van der Waals surface area contributed by atoms with Crippen molar-refractivity contribution in [2.45, 2.75) is 40.0 Å². The highest BCUT2D eigenvalue weighted by molar-refractivity contribution is 5.55. The molecule has 0 fully saturated rings. The Hall–Kier alpha value is -0.530. The molecule has 10 heavy (non-hydrogen) atoms. The zero-order valence-corrected chi connectivity index (χ0v) is 7.55. The fourth-order valence-corrected chi connectivity index (χ4v) is 0.423. The summed E-state index contributed by atoms with van der Waals surface area (Å²) in [7, 11) is 1.56. The first kappa shape index (κ1) is 12.2. The predicted molar refractivity (Wildman–Crippen MR) is 46.4 cm³/mol. The molecular weight excluding hydrogens is 126 g/mol. The average Bonchev–Trinajstić information content (AvgIpc) is 2.02. The zero-order valence-electron chi connectivity index (χ0n) is 7.55. The molecule has 0 amide bonds. The molecule has 0 radical (unpaired) electrons. The molecule has 0 saturated heterocycles. The highest BCUT2D eigenvalue weighted by atomic mass is 16.6. The van der Waals surface area contributed by atoms with Crippen LogP contribution in [-0.2, 0) is 4.84 Å². The first-order chi connectivity index (χ1) is 4.91. The van der Waals surface area contributed by atoms with Crippen molar-refractivity contribution in [2.24, 2.45) is 5.16 Å². The van der Waals surface area contributed by atoms with Crippen molar-refractivity contribution in [1.82, 2.24) is 0 Å². The quantitative estimate of drug-likeness (QED) is 0.338. The van der Waals surface area contributed by atoms with Crippen LogP contribution in [0, 0.1) is 0 Å². The lowest BCUT2D eigenvalue weighted by atomic mass is 10.3. The van der Waals surface area contributed by atoms with E-state index < -0.39 is 0 Å². The van der Waals surface area contributed by atoms with Crippen LogP contribution in [0.3, 0.4) is 0 Å². The number of nitrogens with zero attached hydrogens (tertiary/aromatic N) is 1. The van der Waals surface area contributed by atoms with Gasteiger partial charge in [-0.25, -0.2) is 0 Å². The van der Waals surface area contributed by atoms with Crippen LogP contribution < -0.4 is 0 Å². The van der Waals surface area contributed by atoms with E-state index in [2.05, 4.69) is 16.9 Å². The Bertz CT molecular complexity index is 62.3. The molecule has 0 aliphatic carbocycles. The Kier molecular flexibility index (Phi) is 19.2. The third kappa shape index (κ3) is 15.6. The van der Waals surface area contributed by atoms with Gasteiger partial charge in [-0.3, -0.25) is 0 Å². The van der Waals surface area contributed by atoms with Gasteiger partial charge < -0.3 is 4.84 Å². The van der Waals surface area contributed by atoms with E-state index in [4.69, 9.17) is 0 Å². The predicted octanol–water partition coefficient (Wildman–Crippen LogP) is 2.84. The van der Waals surface area contributed by atoms with Gasteiger partial charge in [0.1, 0.15) is 7.11 Å². The van der Waals surface area contributed by atoms with E-state index in [0.29, 0.717) is 0 Å². The lowest BCUT2D eigenvalue weighted by Gasteiger charge is -1.86. The molecule has 0 N–H and O–H groups in total. The van der Waals surface area contributed by atoms with Gasteiger partial charge in [0.2, 0.25) is 0 Å². The molecule has 0 rings (SSSR count). The SMILES string of the molecule is CC.CCCC/C=N/OC. The standard InChI is InChI=1S/C6H13NO.C2H6/c1-3-4-5-6-7-8-2;1-2/h6H,3-5H2,1-2H3;1-2H3/b7-6+;. The minimum absolute atomic E-state index is 1.03. The molecule has 0 bridgehead atoms. The summed E-state index contributed by atoms with van der Waals surface area (Å²) >= 11 is 0. The molecule has 0 aliphatic heterocycles. The van der Waals surface area contributed by atoms with Crippen molar-refractivity contribution in [3.63, 3.8) is 0 Å². The van der Waals surface area contributed by atoms with Crippen molar-refractivity contribution in [1.29, 1.82) is 0 Å². The van der Waals surface area contributed by atoms with E-state index in [1.165, 1.54) is 12.8 Å². The Balaban J connectivity index is 0. The highest BCUT2D eigenvalue weighted by Gasteiger charge is 1.76. The van der Waals surface area contributed by atoms with Crippen LogP contribution in [0.2, 0.25) is 0 Å². The summed E-state index contributed by atoms with van der Waals surface area (Å²) in [6.07, 6.45) is 5.25. The Morgan fingerprint density at radius 3 is 2.40 bits per heavy atom. The number of rotatable bonds is 4. The third-order valence-corrected chi connectivity index (χ3v) is 0.867. The van der Waals surface area contributed by atoms with E-state index in [1.807, 2.05) is 13.8 Å². The first-order valence-electron chi connectivity index (χ1n) is 3.96. The molecular formula is C8H19NO. The van der Waals surface area contributed by atoms with E-state index >= 15 is 0 Å². The Morgan fingerprint density at radius 1 is 1.40 bits per heavy atom. The van der Waals surface area contributed by atoms with Gasteiger partial charge in [0, 0.05) is 6.21 Å². The van der Waals surface area contributed by atoms with Crippen molar-refractivity contribution >= 4 is 6.21 Å². The van der Waals surface area contributed by atoms with Crippen LogP contribution in [0.15, 0.2) is 5.16 Å². The Labute approximate surface area is 64.3 Å². The zero-order chi connectivity index (χ0) is 8.24. The summed E-state index contributed by atoms with van der Waals surface area (Å²) in [5.74, 6) is 0. The molecule has 0 atom stereocenters. The lowest BCUT2D eigenvalue weighted by molar-refractivity contribution is 0.214. The summed E-state index contributed by atoms with van der Waals surface area (Å²) in [5, 5.41) is 3.58. The van der Waals surface area contributed by atoms with Gasteiger partial charge in [-0.15, -0.1) is 0 Å². The second kappa shape index (κ2) is 15.8. The molecule has 0 saturated carbocycles. The number of unbranched alkanes of at least 4 members (excludes halogenated alkanes) is 2. The molecule has 0 aromatic rings. The minimum Gasteiger partial charge on any atom is -0.399 e. The van der Waals surface area contributed by atoms with Crippen LogP contribution in [-0.4, -0.2) is 13.3 Å². The maximum absolute atomic E-state index is 4.46. The van der Waals surface area contributed by atoms with Crippen molar-refractivity contribution < 1.29 is 4.84 Å². The molecule has 0 unspecified atom stereocenters. The lowest BCUT2D eigenvalue weighted by Crippen LogP contribution is -1.75. The molecule has 0 aliphatic rings. The van der Waals surface area contributed by atoms with Gasteiger partial charge >= 0.3 is 0 Å². The monoisotopic (exact) mass is 145 g/mol. The second-order valence-corrected chi connectivity index (χ2v) is 1.61. The summed E-state index contributed by atoms with van der Waals surface area (Å²) in [6.45, 7) is 6.15. The molecule has 0 spiro atoms. The molecule has 0 aromatic heterocycles. The summed E-state index contributed by atoms with van der Waals surface area (Å²) in [6, 6.07) is 0. The van der Waals surface area contributed by atoms with Crippen LogP contribution in [0.1, 0.15) is 40.0 Å². The maximum atomic E-state index is 4.46. The molecule has 0 heterocycles. The normalized spacial score (nSPS) is 8.80. The summed E-state index contributed by atoms with van der Waals surface area (Å²) in [5.41, 5.74) is 0. The van der Waals surface area contributed by atoms with E-state index in [0.717, 1.165) is 6.42 Å². The van der Waals surface area contributed by atoms with Gasteiger partial charge in [-0.1, -0.05) is 32.3 Å². The highest BCUT2D eigenvalue weighted by Crippen LogP contribution is 1.89. The Morgan fingerprint density at radius 2 is 2.00 bits per heavy atom. The second-order valence-electron chi connectivity index (χ2n) is 1.61. The first-order valence-corrected chi connectivity index (χ1v) is 3.96. The number of oxime groups is 1. The van der Waals surface area contributed by atoms with Crippen molar-refractivity contribution in [2.75, 3.05) is 7.11 Å². The maximum Gasteiger partial charge on any atom is 0.106 e. The van der Waals surface area contributed by atoms with Crippen LogP contribution in [0.4, 0.5) is 0 Å². The van der Waals surface area contributed by atoms with Gasteiger partial charge in [0.05, 0.1) is 0 Å². The topological polar surface area (TPSA) is 21.6 Å². The van der Waals surface area contributed by atoms with Gasteiger partial charge in [0.25, 0.3) is 0 Å². The van der Waals surface area contributed by atoms with E-state index in [-0.39, 0.29) is 0 Å². The minimum atomic E-state index is 1.03. The van der Waals surface area contributed by atoms with Gasteiger partial charge in [0.15, 0.2) is 0 Å². The average molecular weight is 145 g/mol. The molecule has 2 heteroatoms. The van der Waals surface area contributed by atoms with Gasteiger partial charge in [-0.2, -0.15) is 0 Å². The summed E-state index contributed by atoms with van der Waals surface area (Å²) < 4.78 is 0. The third-order valence-electron chi connectivity index (χ3n) is 0.867. The smallest absolute Gasteiger partial charge is 0.106 e.